The standard InChI is InChI=1S/C16H30N2O3/c1-16(2,3)21-15(19)18-14(13-4-5-13)11-17-10-12-6-8-20-9-7-12/h12-14,17H,4-11H2,1-3H3,(H,18,19). The van der Waals surface area contributed by atoms with Gasteiger partial charge in [-0.15, -0.1) is 0 Å². The van der Waals surface area contributed by atoms with Crippen LogP contribution in [0.1, 0.15) is 46.5 Å². The van der Waals surface area contributed by atoms with Gasteiger partial charge in [0.1, 0.15) is 5.60 Å². The SMILES string of the molecule is CC(C)(C)OC(=O)NC(CNCC1CCOCC1)C1CC1. The fourth-order valence-electron chi connectivity index (χ4n) is 2.69. The summed E-state index contributed by atoms with van der Waals surface area (Å²) in [6.07, 6.45) is 4.40. The van der Waals surface area contributed by atoms with E-state index in [2.05, 4.69) is 10.6 Å². The van der Waals surface area contributed by atoms with E-state index in [4.69, 9.17) is 9.47 Å². The van der Waals surface area contributed by atoms with Gasteiger partial charge in [-0.1, -0.05) is 0 Å². The third-order valence-electron chi connectivity index (χ3n) is 4.03. The molecule has 5 heteroatoms. The molecule has 122 valence electrons. The third kappa shape index (κ3) is 6.66. The van der Waals surface area contributed by atoms with Crippen molar-refractivity contribution in [2.45, 2.75) is 58.1 Å². The van der Waals surface area contributed by atoms with Crippen molar-refractivity contribution in [1.29, 1.82) is 0 Å². The Hall–Kier alpha value is -0.810. The first kappa shape index (κ1) is 16.6. The van der Waals surface area contributed by atoms with Gasteiger partial charge in [-0.25, -0.2) is 4.79 Å². The molecule has 0 aromatic heterocycles. The first-order chi connectivity index (χ1) is 9.94. The van der Waals surface area contributed by atoms with Crippen LogP contribution < -0.4 is 10.6 Å². The number of ether oxygens (including phenoxy) is 2. The Kier molecular flexibility index (Phi) is 5.88. The molecular formula is C16H30N2O3. The maximum Gasteiger partial charge on any atom is 0.407 e. The lowest BCUT2D eigenvalue weighted by molar-refractivity contribution is 0.0495. The molecule has 0 spiro atoms. The molecule has 1 aliphatic heterocycles. The van der Waals surface area contributed by atoms with Gasteiger partial charge in [-0.05, 0) is 64.8 Å². The number of carbonyl (C=O) groups is 1. The van der Waals surface area contributed by atoms with Crippen LogP contribution in [0.3, 0.4) is 0 Å². The summed E-state index contributed by atoms with van der Waals surface area (Å²) >= 11 is 0. The maximum atomic E-state index is 11.9. The normalized spacial score (nSPS) is 21.9. The van der Waals surface area contributed by atoms with Crippen molar-refractivity contribution >= 4 is 6.09 Å². The number of carbonyl (C=O) groups excluding carboxylic acids is 1. The van der Waals surface area contributed by atoms with Crippen LogP contribution >= 0.6 is 0 Å². The van der Waals surface area contributed by atoms with Crippen LogP contribution in [0.15, 0.2) is 0 Å². The molecule has 1 aliphatic carbocycles. The predicted molar refractivity (Wildman–Crippen MR) is 82.3 cm³/mol. The van der Waals surface area contributed by atoms with E-state index < -0.39 is 5.60 Å². The van der Waals surface area contributed by atoms with Gasteiger partial charge in [0, 0.05) is 25.8 Å². The molecule has 1 amide bonds. The monoisotopic (exact) mass is 298 g/mol. The average Bonchev–Trinajstić information content (AvgIpc) is 3.21. The molecule has 1 unspecified atom stereocenters. The van der Waals surface area contributed by atoms with Crippen molar-refractivity contribution < 1.29 is 14.3 Å². The zero-order valence-electron chi connectivity index (χ0n) is 13.6. The van der Waals surface area contributed by atoms with Gasteiger partial charge < -0.3 is 20.1 Å². The minimum Gasteiger partial charge on any atom is -0.444 e. The lowest BCUT2D eigenvalue weighted by Crippen LogP contribution is -2.46. The molecule has 2 aliphatic rings. The van der Waals surface area contributed by atoms with E-state index in [1.165, 1.54) is 12.8 Å². The van der Waals surface area contributed by atoms with Crippen LogP contribution in [0, 0.1) is 11.8 Å². The van der Waals surface area contributed by atoms with Gasteiger partial charge in [-0.3, -0.25) is 0 Å². The number of hydrogen-bond donors (Lipinski definition) is 2. The first-order valence-corrected chi connectivity index (χ1v) is 8.22. The molecule has 2 fully saturated rings. The van der Waals surface area contributed by atoms with E-state index in [1.54, 1.807) is 0 Å². The van der Waals surface area contributed by atoms with Gasteiger partial charge in [0.15, 0.2) is 0 Å². The van der Waals surface area contributed by atoms with Crippen LogP contribution in [0.25, 0.3) is 0 Å². The second-order valence-corrected chi connectivity index (χ2v) is 7.30. The van der Waals surface area contributed by atoms with Crippen LogP contribution in [0.2, 0.25) is 0 Å². The largest absolute Gasteiger partial charge is 0.444 e. The van der Waals surface area contributed by atoms with Crippen LogP contribution in [-0.2, 0) is 9.47 Å². The van der Waals surface area contributed by atoms with Crippen molar-refractivity contribution in [3.05, 3.63) is 0 Å². The number of nitrogens with one attached hydrogen (secondary N) is 2. The van der Waals surface area contributed by atoms with Crippen LogP contribution in [-0.4, -0.2) is 44.0 Å². The molecule has 0 aromatic carbocycles. The molecule has 1 saturated heterocycles. The fourth-order valence-corrected chi connectivity index (χ4v) is 2.69. The van der Waals surface area contributed by atoms with Crippen LogP contribution in [0.4, 0.5) is 4.79 Å². The highest BCUT2D eigenvalue weighted by Gasteiger charge is 2.33. The van der Waals surface area contributed by atoms with E-state index in [-0.39, 0.29) is 12.1 Å². The maximum absolute atomic E-state index is 11.9. The summed E-state index contributed by atoms with van der Waals surface area (Å²) in [6.45, 7) is 9.29. The highest BCUT2D eigenvalue weighted by atomic mass is 16.6. The first-order valence-electron chi connectivity index (χ1n) is 8.22. The van der Waals surface area contributed by atoms with Crippen LogP contribution in [0.5, 0.6) is 0 Å². The molecule has 0 radical (unpaired) electrons. The highest BCUT2D eigenvalue weighted by Crippen LogP contribution is 2.32. The average molecular weight is 298 g/mol. The molecule has 5 nitrogen and oxygen atoms in total. The van der Waals surface area contributed by atoms with Gasteiger partial charge >= 0.3 is 6.09 Å². The van der Waals surface area contributed by atoms with E-state index in [0.29, 0.717) is 11.8 Å². The summed E-state index contributed by atoms with van der Waals surface area (Å²) in [5.41, 5.74) is -0.437. The molecule has 2 rings (SSSR count). The van der Waals surface area contributed by atoms with Crippen molar-refractivity contribution in [2.75, 3.05) is 26.3 Å². The molecule has 1 heterocycles. The molecule has 1 atom stereocenters. The Bertz CT molecular complexity index is 331. The second-order valence-electron chi connectivity index (χ2n) is 7.30. The summed E-state index contributed by atoms with van der Waals surface area (Å²) in [4.78, 5) is 11.9. The summed E-state index contributed by atoms with van der Waals surface area (Å²) in [7, 11) is 0. The Balaban J connectivity index is 1.68. The lowest BCUT2D eigenvalue weighted by Gasteiger charge is -2.26. The summed E-state index contributed by atoms with van der Waals surface area (Å²) in [5, 5.41) is 6.54. The smallest absolute Gasteiger partial charge is 0.407 e. The van der Waals surface area contributed by atoms with Gasteiger partial charge in [-0.2, -0.15) is 0 Å². The minimum absolute atomic E-state index is 0.194. The third-order valence-corrected chi connectivity index (χ3v) is 4.03. The van der Waals surface area contributed by atoms with E-state index in [0.717, 1.165) is 39.1 Å². The molecule has 1 saturated carbocycles. The van der Waals surface area contributed by atoms with Crippen molar-refractivity contribution in [2.24, 2.45) is 11.8 Å². The van der Waals surface area contributed by atoms with Gasteiger partial charge in [0.2, 0.25) is 0 Å². The minimum atomic E-state index is -0.437. The van der Waals surface area contributed by atoms with E-state index in [1.807, 2.05) is 20.8 Å². The molecule has 21 heavy (non-hydrogen) atoms. The molecular weight excluding hydrogens is 268 g/mol. The highest BCUT2D eigenvalue weighted by molar-refractivity contribution is 5.68. The molecule has 0 bridgehead atoms. The van der Waals surface area contributed by atoms with Crippen molar-refractivity contribution in [1.82, 2.24) is 10.6 Å². The Morgan fingerprint density at radius 2 is 1.90 bits per heavy atom. The van der Waals surface area contributed by atoms with E-state index >= 15 is 0 Å². The Morgan fingerprint density at radius 3 is 2.48 bits per heavy atom. The Morgan fingerprint density at radius 1 is 1.24 bits per heavy atom. The topological polar surface area (TPSA) is 59.6 Å². The summed E-state index contributed by atoms with van der Waals surface area (Å²) in [5.74, 6) is 1.32. The van der Waals surface area contributed by atoms with Crippen molar-refractivity contribution in [3.63, 3.8) is 0 Å². The zero-order chi connectivity index (χ0) is 15.3. The zero-order valence-corrected chi connectivity index (χ0v) is 13.6. The van der Waals surface area contributed by atoms with Crippen molar-refractivity contribution in [3.8, 4) is 0 Å². The fraction of sp³-hybridized carbons (Fsp3) is 0.938. The number of amides is 1. The molecule has 0 aromatic rings. The van der Waals surface area contributed by atoms with Gasteiger partial charge in [0.05, 0.1) is 0 Å². The summed E-state index contributed by atoms with van der Waals surface area (Å²) in [6, 6.07) is 0.194. The Labute approximate surface area is 128 Å². The number of rotatable bonds is 6. The number of hydrogen-bond acceptors (Lipinski definition) is 4. The molecule has 2 N–H and O–H groups in total. The van der Waals surface area contributed by atoms with E-state index in [9.17, 15) is 4.79 Å². The van der Waals surface area contributed by atoms with Gasteiger partial charge in [0.25, 0.3) is 0 Å². The predicted octanol–water partition coefficient (Wildman–Crippen LogP) is 2.31. The number of alkyl carbamates (subject to hydrolysis) is 1. The second kappa shape index (κ2) is 7.45. The lowest BCUT2D eigenvalue weighted by atomic mass is 10.0. The summed E-state index contributed by atoms with van der Waals surface area (Å²) < 4.78 is 10.7. The quantitative estimate of drug-likeness (QED) is 0.790.